The first kappa shape index (κ1) is 22.4. The van der Waals surface area contributed by atoms with Crippen molar-refractivity contribution in [3.63, 3.8) is 0 Å². The number of likely N-dealkylation sites (N-methyl/N-ethyl adjacent to an activating group) is 1. The average Bonchev–Trinajstić information content (AvgIpc) is 2.39. The van der Waals surface area contributed by atoms with Gasteiger partial charge in [-0.2, -0.15) is 0 Å². The Bertz CT molecular complexity index is 443. The summed E-state index contributed by atoms with van der Waals surface area (Å²) in [4.78, 5) is 35.9. The average molecular weight is 344 g/mol. The zero-order valence-corrected chi connectivity index (χ0v) is 16.1. The SMILES string of the molecule is CN[C@@H](CC(C)C)C(=O)O[C@H](C)[C@H](NC(=O)OC(C)(C)C)C(C)=O. The molecule has 0 heterocycles. The van der Waals surface area contributed by atoms with Crippen LogP contribution in [0.2, 0.25) is 0 Å². The molecule has 0 bridgehead atoms. The van der Waals surface area contributed by atoms with Gasteiger partial charge in [-0.15, -0.1) is 0 Å². The lowest BCUT2D eigenvalue weighted by molar-refractivity contribution is -0.153. The van der Waals surface area contributed by atoms with Crippen molar-refractivity contribution in [2.24, 2.45) is 5.92 Å². The van der Waals surface area contributed by atoms with Crippen molar-refractivity contribution in [2.75, 3.05) is 7.05 Å². The van der Waals surface area contributed by atoms with Crippen LogP contribution in [0.15, 0.2) is 0 Å². The number of alkyl carbamates (subject to hydrolysis) is 1. The molecule has 24 heavy (non-hydrogen) atoms. The zero-order chi connectivity index (χ0) is 19.1. The highest BCUT2D eigenvalue weighted by Gasteiger charge is 2.31. The van der Waals surface area contributed by atoms with Gasteiger partial charge in [-0.25, -0.2) is 4.79 Å². The highest BCUT2D eigenvalue weighted by molar-refractivity contribution is 5.86. The van der Waals surface area contributed by atoms with Crippen LogP contribution in [-0.2, 0) is 19.1 Å². The molecule has 7 nitrogen and oxygen atoms in total. The summed E-state index contributed by atoms with van der Waals surface area (Å²) in [6, 6.07) is -1.41. The number of ether oxygens (including phenoxy) is 2. The molecule has 0 saturated heterocycles. The minimum atomic E-state index is -0.958. The molecule has 0 radical (unpaired) electrons. The zero-order valence-electron chi connectivity index (χ0n) is 16.1. The topological polar surface area (TPSA) is 93.7 Å². The summed E-state index contributed by atoms with van der Waals surface area (Å²) in [5.74, 6) is -0.448. The molecular formula is C17H32N2O5. The van der Waals surface area contributed by atoms with Gasteiger partial charge in [0.25, 0.3) is 0 Å². The Kier molecular flexibility index (Phi) is 8.96. The third-order valence-electron chi connectivity index (χ3n) is 3.22. The van der Waals surface area contributed by atoms with Crippen LogP contribution in [0.4, 0.5) is 4.79 Å². The molecule has 0 spiro atoms. The van der Waals surface area contributed by atoms with Crippen LogP contribution in [0.25, 0.3) is 0 Å². The maximum Gasteiger partial charge on any atom is 0.408 e. The van der Waals surface area contributed by atoms with Crippen molar-refractivity contribution < 1.29 is 23.9 Å². The van der Waals surface area contributed by atoms with Crippen LogP contribution >= 0.6 is 0 Å². The molecule has 0 saturated carbocycles. The maximum atomic E-state index is 12.2. The molecular weight excluding hydrogens is 312 g/mol. The van der Waals surface area contributed by atoms with E-state index in [-0.39, 0.29) is 5.78 Å². The predicted molar refractivity (Wildman–Crippen MR) is 91.7 cm³/mol. The minimum absolute atomic E-state index is 0.314. The van der Waals surface area contributed by atoms with Crippen molar-refractivity contribution in [3.05, 3.63) is 0 Å². The Morgan fingerprint density at radius 2 is 1.62 bits per heavy atom. The van der Waals surface area contributed by atoms with E-state index in [4.69, 9.17) is 9.47 Å². The van der Waals surface area contributed by atoms with Crippen LogP contribution in [0.5, 0.6) is 0 Å². The number of esters is 1. The Morgan fingerprint density at radius 3 is 2.00 bits per heavy atom. The number of carbonyl (C=O) groups excluding carboxylic acids is 3. The molecule has 140 valence electrons. The number of carbonyl (C=O) groups is 3. The van der Waals surface area contributed by atoms with Gasteiger partial charge in [0.2, 0.25) is 0 Å². The first-order chi connectivity index (χ1) is 10.9. The Balaban J connectivity index is 4.85. The summed E-state index contributed by atoms with van der Waals surface area (Å²) < 4.78 is 10.5. The van der Waals surface area contributed by atoms with Crippen LogP contribution in [0.3, 0.4) is 0 Å². The van der Waals surface area contributed by atoms with E-state index < -0.39 is 35.9 Å². The van der Waals surface area contributed by atoms with Crippen molar-refractivity contribution in [1.82, 2.24) is 10.6 Å². The first-order valence-corrected chi connectivity index (χ1v) is 8.25. The molecule has 0 fully saturated rings. The van der Waals surface area contributed by atoms with E-state index in [1.807, 2.05) is 13.8 Å². The van der Waals surface area contributed by atoms with Crippen LogP contribution in [0.1, 0.15) is 54.9 Å². The van der Waals surface area contributed by atoms with Gasteiger partial charge in [0.05, 0.1) is 0 Å². The van der Waals surface area contributed by atoms with E-state index in [0.717, 1.165) is 0 Å². The molecule has 7 heteroatoms. The summed E-state index contributed by atoms with van der Waals surface area (Å²) in [5.41, 5.74) is -0.681. The Morgan fingerprint density at radius 1 is 1.08 bits per heavy atom. The molecule has 0 aliphatic carbocycles. The summed E-state index contributed by atoms with van der Waals surface area (Å²) >= 11 is 0. The Hall–Kier alpha value is -1.63. The molecule has 0 aromatic rings. The molecule has 2 N–H and O–H groups in total. The summed E-state index contributed by atoms with van der Waals surface area (Å²) in [6.07, 6.45) is -0.907. The predicted octanol–water partition coefficient (Wildman–Crippen LogP) is 2.03. The molecule has 0 aromatic carbocycles. The molecule has 0 aliphatic heterocycles. The van der Waals surface area contributed by atoms with Gasteiger partial charge in [0.15, 0.2) is 5.78 Å². The highest BCUT2D eigenvalue weighted by Crippen LogP contribution is 2.11. The molecule has 3 atom stereocenters. The number of nitrogens with one attached hydrogen (secondary N) is 2. The van der Waals surface area contributed by atoms with E-state index in [9.17, 15) is 14.4 Å². The molecule has 0 rings (SSSR count). The smallest absolute Gasteiger partial charge is 0.408 e. The number of hydrogen-bond acceptors (Lipinski definition) is 6. The quantitative estimate of drug-likeness (QED) is 0.655. The fourth-order valence-corrected chi connectivity index (χ4v) is 2.12. The van der Waals surface area contributed by atoms with Gasteiger partial charge in [-0.1, -0.05) is 13.8 Å². The third-order valence-corrected chi connectivity index (χ3v) is 3.22. The van der Waals surface area contributed by atoms with E-state index >= 15 is 0 Å². The van der Waals surface area contributed by atoms with Gasteiger partial charge < -0.3 is 20.1 Å². The van der Waals surface area contributed by atoms with Gasteiger partial charge in [-0.3, -0.25) is 9.59 Å². The van der Waals surface area contributed by atoms with E-state index in [2.05, 4.69) is 10.6 Å². The molecule has 0 unspecified atom stereocenters. The minimum Gasteiger partial charge on any atom is -0.459 e. The standard InChI is InChI=1S/C17H32N2O5/c1-10(2)9-13(18-8)15(21)23-12(4)14(11(3)20)19-16(22)24-17(5,6)7/h10,12-14,18H,9H2,1-8H3,(H,19,22)/t12-,13+,14-/m1/s1. The van der Waals surface area contributed by atoms with Gasteiger partial charge in [-0.05, 0) is 54.0 Å². The van der Waals surface area contributed by atoms with E-state index in [1.165, 1.54) is 6.92 Å². The third kappa shape index (κ3) is 8.86. The van der Waals surface area contributed by atoms with Crippen LogP contribution in [0, 0.1) is 5.92 Å². The molecule has 0 aromatic heterocycles. The van der Waals surface area contributed by atoms with E-state index in [0.29, 0.717) is 12.3 Å². The van der Waals surface area contributed by atoms with Crippen LogP contribution < -0.4 is 10.6 Å². The monoisotopic (exact) mass is 344 g/mol. The van der Waals surface area contributed by atoms with Crippen molar-refractivity contribution in [1.29, 1.82) is 0 Å². The van der Waals surface area contributed by atoms with Gasteiger partial charge in [0.1, 0.15) is 23.8 Å². The summed E-state index contributed by atoms with van der Waals surface area (Å²) in [6.45, 7) is 12.1. The lowest BCUT2D eigenvalue weighted by Gasteiger charge is -2.27. The van der Waals surface area contributed by atoms with Gasteiger partial charge >= 0.3 is 12.1 Å². The number of Topliss-reactive ketones (excluding diaryl/α,β-unsaturated/α-hetero) is 1. The molecule has 1 amide bonds. The number of rotatable bonds is 8. The lowest BCUT2D eigenvalue weighted by Crippen LogP contribution is -2.51. The van der Waals surface area contributed by atoms with Crippen molar-refractivity contribution >= 4 is 17.8 Å². The number of hydrogen-bond donors (Lipinski definition) is 2. The fraction of sp³-hybridized carbons (Fsp3) is 0.824. The lowest BCUT2D eigenvalue weighted by atomic mass is 10.0. The maximum absolute atomic E-state index is 12.2. The second-order valence-electron chi connectivity index (χ2n) is 7.35. The normalized spacial score (nSPS) is 15.4. The fourth-order valence-electron chi connectivity index (χ4n) is 2.12. The first-order valence-electron chi connectivity index (χ1n) is 8.25. The second-order valence-corrected chi connectivity index (χ2v) is 7.35. The Labute approximate surface area is 144 Å². The number of ketones is 1. The van der Waals surface area contributed by atoms with Crippen LogP contribution in [-0.4, -0.2) is 48.7 Å². The van der Waals surface area contributed by atoms with Crippen molar-refractivity contribution in [3.8, 4) is 0 Å². The highest BCUT2D eigenvalue weighted by atomic mass is 16.6. The number of amides is 1. The molecule has 0 aliphatic rings. The van der Waals surface area contributed by atoms with E-state index in [1.54, 1.807) is 34.7 Å². The second kappa shape index (κ2) is 9.61. The summed E-state index contributed by atoms with van der Waals surface area (Å²) in [7, 11) is 1.68. The largest absolute Gasteiger partial charge is 0.459 e. The van der Waals surface area contributed by atoms with Gasteiger partial charge in [0, 0.05) is 0 Å². The summed E-state index contributed by atoms with van der Waals surface area (Å²) in [5, 5.41) is 5.37. The van der Waals surface area contributed by atoms with Crippen molar-refractivity contribution in [2.45, 2.75) is 78.7 Å².